The summed E-state index contributed by atoms with van der Waals surface area (Å²) in [5.41, 5.74) is 0. The summed E-state index contributed by atoms with van der Waals surface area (Å²) < 4.78 is 5.02. The van der Waals surface area contributed by atoms with Gasteiger partial charge in [-0.2, -0.15) is 0 Å². The van der Waals surface area contributed by atoms with Crippen LogP contribution in [0.1, 0.15) is 13.3 Å². The van der Waals surface area contributed by atoms with E-state index >= 15 is 0 Å². The molecule has 1 atom stereocenters. The van der Waals surface area contributed by atoms with Gasteiger partial charge in [0.25, 0.3) is 0 Å². The van der Waals surface area contributed by atoms with Crippen molar-refractivity contribution in [2.24, 2.45) is 0 Å². The first-order chi connectivity index (χ1) is 8.19. The van der Waals surface area contributed by atoms with E-state index in [4.69, 9.17) is 4.74 Å². The van der Waals surface area contributed by atoms with E-state index in [-0.39, 0.29) is 11.9 Å². The van der Waals surface area contributed by atoms with Crippen LogP contribution in [-0.2, 0) is 9.53 Å². The molecule has 100 valence electrons. The average molecular weight is 243 g/mol. The summed E-state index contributed by atoms with van der Waals surface area (Å²) in [7, 11) is 3.76. The molecule has 0 radical (unpaired) electrons. The first kappa shape index (κ1) is 14.4. The van der Waals surface area contributed by atoms with Gasteiger partial charge in [-0.1, -0.05) is 6.92 Å². The van der Waals surface area contributed by atoms with Gasteiger partial charge in [-0.25, -0.2) is 0 Å². The molecule has 5 nitrogen and oxygen atoms in total. The molecule has 0 aromatic heterocycles. The van der Waals surface area contributed by atoms with E-state index < -0.39 is 0 Å². The third-order valence-electron chi connectivity index (χ3n) is 3.18. The van der Waals surface area contributed by atoms with Crippen molar-refractivity contribution >= 4 is 5.91 Å². The number of ether oxygens (including phenoxy) is 1. The van der Waals surface area contributed by atoms with Crippen molar-refractivity contribution in [1.82, 2.24) is 15.1 Å². The van der Waals surface area contributed by atoms with Crippen LogP contribution in [-0.4, -0.2) is 75.2 Å². The van der Waals surface area contributed by atoms with Crippen LogP contribution in [0.5, 0.6) is 0 Å². The zero-order valence-electron chi connectivity index (χ0n) is 11.2. The Labute approximate surface area is 104 Å². The summed E-state index contributed by atoms with van der Waals surface area (Å²) in [5, 5.41) is 3.22. The number of methoxy groups -OCH3 is 1. The molecule has 1 rings (SSSR count). The number of rotatable bonds is 8. The third kappa shape index (κ3) is 4.61. The monoisotopic (exact) mass is 243 g/mol. The topological polar surface area (TPSA) is 44.8 Å². The van der Waals surface area contributed by atoms with Gasteiger partial charge in [0.15, 0.2) is 0 Å². The van der Waals surface area contributed by atoms with E-state index in [0.29, 0.717) is 0 Å². The number of carbonyl (C=O) groups is 1. The van der Waals surface area contributed by atoms with Gasteiger partial charge < -0.3 is 19.9 Å². The van der Waals surface area contributed by atoms with Crippen LogP contribution in [0, 0.1) is 0 Å². The Balaban J connectivity index is 2.22. The molecule has 1 aliphatic rings. The quantitative estimate of drug-likeness (QED) is 0.640. The normalized spacial score (nSPS) is 20.6. The minimum atomic E-state index is 0.0456. The summed E-state index contributed by atoms with van der Waals surface area (Å²) in [5.74, 6) is 0.256. The molecule has 5 heteroatoms. The lowest BCUT2D eigenvalue weighted by molar-refractivity contribution is -0.129. The fourth-order valence-electron chi connectivity index (χ4n) is 2.05. The second-order valence-electron chi connectivity index (χ2n) is 4.52. The van der Waals surface area contributed by atoms with Gasteiger partial charge in [0.1, 0.15) is 0 Å². The highest BCUT2D eigenvalue weighted by molar-refractivity contribution is 5.83. The van der Waals surface area contributed by atoms with Crippen LogP contribution in [0.2, 0.25) is 0 Å². The molecule has 0 spiro atoms. The van der Waals surface area contributed by atoms with Crippen molar-refractivity contribution in [3.8, 4) is 0 Å². The Morgan fingerprint density at radius 2 is 2.29 bits per heavy atom. The second kappa shape index (κ2) is 7.63. The number of hydrogen-bond acceptors (Lipinski definition) is 4. The van der Waals surface area contributed by atoms with Crippen LogP contribution in [0.3, 0.4) is 0 Å². The lowest BCUT2D eigenvalue weighted by Crippen LogP contribution is -2.41. The molecule has 1 heterocycles. The number of nitrogens with one attached hydrogen (secondary N) is 1. The van der Waals surface area contributed by atoms with Crippen LogP contribution >= 0.6 is 0 Å². The highest BCUT2D eigenvalue weighted by Crippen LogP contribution is 2.10. The predicted octanol–water partition coefficient (Wildman–Crippen LogP) is -0.225. The Bertz CT molecular complexity index is 236. The van der Waals surface area contributed by atoms with Crippen molar-refractivity contribution in [3.05, 3.63) is 0 Å². The van der Waals surface area contributed by atoms with Gasteiger partial charge >= 0.3 is 0 Å². The standard InChI is InChI=1S/C12H25N3O2/c1-4-13-11-5-6-15(12(11)16)8-7-14(2)9-10-17-3/h11,13H,4-10H2,1-3H3. The number of nitrogens with zero attached hydrogens (tertiary/aromatic N) is 2. The van der Waals surface area contributed by atoms with Gasteiger partial charge in [-0.05, 0) is 20.0 Å². The molecule has 0 bridgehead atoms. The number of amides is 1. The average Bonchev–Trinajstić information content (AvgIpc) is 2.66. The largest absolute Gasteiger partial charge is 0.383 e. The summed E-state index contributed by atoms with van der Waals surface area (Å²) in [6.07, 6.45) is 0.939. The molecule has 1 amide bonds. The van der Waals surface area contributed by atoms with Gasteiger partial charge in [-0.3, -0.25) is 4.79 Å². The van der Waals surface area contributed by atoms with Gasteiger partial charge in [0, 0.05) is 33.3 Å². The maximum absolute atomic E-state index is 11.9. The van der Waals surface area contributed by atoms with Crippen LogP contribution in [0.25, 0.3) is 0 Å². The van der Waals surface area contributed by atoms with Crippen LogP contribution in [0.4, 0.5) is 0 Å². The molecule has 1 N–H and O–H groups in total. The molecular weight excluding hydrogens is 218 g/mol. The molecule has 1 saturated heterocycles. The smallest absolute Gasteiger partial charge is 0.239 e. The predicted molar refractivity (Wildman–Crippen MR) is 68.0 cm³/mol. The number of likely N-dealkylation sites (tertiary alicyclic amines) is 1. The Morgan fingerprint density at radius 3 is 2.94 bits per heavy atom. The molecule has 17 heavy (non-hydrogen) atoms. The molecule has 0 saturated carbocycles. The third-order valence-corrected chi connectivity index (χ3v) is 3.18. The lowest BCUT2D eigenvalue weighted by Gasteiger charge is -2.21. The maximum Gasteiger partial charge on any atom is 0.239 e. The molecule has 1 aliphatic heterocycles. The minimum absolute atomic E-state index is 0.0456. The molecule has 0 aromatic carbocycles. The first-order valence-electron chi connectivity index (χ1n) is 6.38. The van der Waals surface area contributed by atoms with Crippen molar-refractivity contribution < 1.29 is 9.53 Å². The Hall–Kier alpha value is -0.650. The maximum atomic E-state index is 11.9. The Kier molecular flexibility index (Phi) is 6.47. The van der Waals surface area contributed by atoms with E-state index in [1.54, 1.807) is 7.11 Å². The van der Waals surface area contributed by atoms with Gasteiger partial charge in [0.05, 0.1) is 12.6 Å². The number of hydrogen-bond donors (Lipinski definition) is 1. The van der Waals surface area contributed by atoms with Crippen LogP contribution in [0.15, 0.2) is 0 Å². The van der Waals surface area contributed by atoms with E-state index in [9.17, 15) is 4.79 Å². The Morgan fingerprint density at radius 1 is 1.53 bits per heavy atom. The van der Waals surface area contributed by atoms with Crippen LogP contribution < -0.4 is 5.32 Å². The molecular formula is C12H25N3O2. The van der Waals surface area contributed by atoms with Crippen molar-refractivity contribution in [2.75, 3.05) is 53.5 Å². The molecule has 0 aliphatic carbocycles. The van der Waals surface area contributed by atoms with Gasteiger partial charge in [-0.15, -0.1) is 0 Å². The fourth-order valence-corrected chi connectivity index (χ4v) is 2.05. The van der Waals surface area contributed by atoms with Gasteiger partial charge in [0.2, 0.25) is 5.91 Å². The molecule has 0 aromatic rings. The molecule has 1 fully saturated rings. The zero-order chi connectivity index (χ0) is 12.7. The number of carbonyl (C=O) groups excluding carboxylic acids is 1. The van der Waals surface area contributed by atoms with Crippen molar-refractivity contribution in [2.45, 2.75) is 19.4 Å². The summed E-state index contributed by atoms with van der Waals surface area (Å²) >= 11 is 0. The van der Waals surface area contributed by atoms with E-state index in [0.717, 1.165) is 45.8 Å². The fraction of sp³-hybridized carbons (Fsp3) is 0.917. The first-order valence-corrected chi connectivity index (χ1v) is 6.38. The van der Waals surface area contributed by atoms with E-state index in [2.05, 4.69) is 17.3 Å². The SMILES string of the molecule is CCNC1CCN(CCN(C)CCOC)C1=O. The highest BCUT2D eigenvalue weighted by Gasteiger charge is 2.30. The second-order valence-corrected chi connectivity index (χ2v) is 4.52. The highest BCUT2D eigenvalue weighted by atomic mass is 16.5. The molecule has 1 unspecified atom stereocenters. The van der Waals surface area contributed by atoms with E-state index in [1.165, 1.54) is 0 Å². The summed E-state index contributed by atoms with van der Waals surface area (Å²) in [4.78, 5) is 16.1. The lowest BCUT2D eigenvalue weighted by atomic mass is 10.2. The van der Waals surface area contributed by atoms with Crippen molar-refractivity contribution in [3.63, 3.8) is 0 Å². The number of likely N-dealkylation sites (N-methyl/N-ethyl adjacent to an activating group) is 2. The van der Waals surface area contributed by atoms with E-state index in [1.807, 2.05) is 11.8 Å². The summed E-state index contributed by atoms with van der Waals surface area (Å²) in [6.45, 7) is 7.16. The zero-order valence-corrected chi connectivity index (χ0v) is 11.2. The minimum Gasteiger partial charge on any atom is -0.383 e. The summed E-state index contributed by atoms with van der Waals surface area (Å²) in [6, 6.07) is 0.0456. The van der Waals surface area contributed by atoms with Crippen molar-refractivity contribution in [1.29, 1.82) is 0 Å².